The van der Waals surface area contributed by atoms with E-state index in [1.165, 1.54) is 17.7 Å². The Morgan fingerprint density at radius 3 is 2.50 bits per heavy atom. The molecular weight excluding hydrogens is 170 g/mol. The summed E-state index contributed by atoms with van der Waals surface area (Å²) in [7, 11) is 0. The van der Waals surface area contributed by atoms with Crippen molar-refractivity contribution in [2.75, 3.05) is 6.54 Å². The molecule has 74 valence electrons. The highest BCUT2D eigenvalue weighted by Gasteiger charge is 2.28. The molecule has 1 heteroatoms. The molecule has 0 radical (unpaired) electrons. The van der Waals surface area contributed by atoms with Crippen molar-refractivity contribution in [3.8, 4) is 0 Å². The van der Waals surface area contributed by atoms with Crippen LogP contribution in [0.4, 0.5) is 0 Å². The van der Waals surface area contributed by atoms with E-state index in [2.05, 4.69) is 49.2 Å². The van der Waals surface area contributed by atoms with E-state index in [1.807, 2.05) is 0 Å². The lowest BCUT2D eigenvalue weighted by Crippen LogP contribution is -2.30. The van der Waals surface area contributed by atoms with Gasteiger partial charge >= 0.3 is 0 Å². The van der Waals surface area contributed by atoms with Gasteiger partial charge in [-0.25, -0.2) is 0 Å². The van der Waals surface area contributed by atoms with E-state index in [4.69, 9.17) is 0 Å². The topological polar surface area (TPSA) is 12.4 Å². The highest BCUT2D eigenvalue weighted by atomic mass is 14.8. The predicted molar refractivity (Wildman–Crippen MR) is 61.0 cm³/mol. The van der Waals surface area contributed by atoms with Gasteiger partial charge in [0.05, 0.1) is 0 Å². The Morgan fingerprint density at radius 2 is 1.93 bits per heavy atom. The molecule has 0 spiro atoms. The van der Waals surface area contributed by atoms with Crippen molar-refractivity contribution in [1.29, 1.82) is 0 Å². The summed E-state index contributed by atoms with van der Waals surface area (Å²) < 4.78 is 0. The summed E-state index contributed by atoms with van der Waals surface area (Å²) in [6.07, 6.45) is 2.37. The van der Waals surface area contributed by atoms with Crippen molar-refractivity contribution in [1.82, 2.24) is 0 Å². The zero-order valence-electron chi connectivity index (χ0n) is 8.96. The molecule has 1 aromatic rings. The van der Waals surface area contributed by atoms with Gasteiger partial charge in [-0.05, 0) is 25.3 Å². The van der Waals surface area contributed by atoms with Crippen LogP contribution in [0, 0.1) is 0 Å². The minimum absolute atomic E-state index is 0.265. The zero-order valence-corrected chi connectivity index (χ0v) is 8.96. The largest absolute Gasteiger partial charge is 0.294 e. The molecule has 0 aliphatic carbocycles. The first kappa shape index (κ1) is 9.45. The molecule has 0 N–H and O–H groups in total. The second-order valence-electron chi connectivity index (χ2n) is 4.48. The van der Waals surface area contributed by atoms with E-state index in [1.54, 1.807) is 0 Å². The fourth-order valence-electron chi connectivity index (χ4n) is 2.00. The van der Waals surface area contributed by atoms with Gasteiger partial charge in [-0.2, -0.15) is 0 Å². The summed E-state index contributed by atoms with van der Waals surface area (Å²) in [5, 5.41) is 0. The number of nitrogens with zero attached hydrogens (tertiary/aromatic N) is 1. The third-order valence-corrected chi connectivity index (χ3v) is 3.21. The summed E-state index contributed by atoms with van der Waals surface area (Å²) in [5.41, 5.74) is 3.00. The van der Waals surface area contributed by atoms with Crippen molar-refractivity contribution in [3.63, 3.8) is 0 Å². The van der Waals surface area contributed by atoms with Crippen LogP contribution in [0.2, 0.25) is 0 Å². The number of hydrogen-bond donors (Lipinski definition) is 0. The summed E-state index contributed by atoms with van der Waals surface area (Å²) in [6.45, 7) is 5.39. The number of rotatable bonds is 1. The fourth-order valence-corrected chi connectivity index (χ4v) is 2.00. The maximum Gasteiger partial charge on any atom is 0.0482 e. The highest BCUT2D eigenvalue weighted by Crippen LogP contribution is 2.32. The molecule has 0 fully saturated rings. The molecule has 0 saturated carbocycles. The van der Waals surface area contributed by atoms with Gasteiger partial charge in [-0.1, -0.05) is 37.3 Å². The molecule has 1 heterocycles. The number of aliphatic imine (C=N–C) groups is 1. The summed E-state index contributed by atoms with van der Waals surface area (Å²) >= 11 is 0. The molecule has 1 aromatic carbocycles. The Morgan fingerprint density at radius 1 is 1.21 bits per heavy atom. The van der Waals surface area contributed by atoms with Gasteiger partial charge in [0.1, 0.15) is 0 Å². The predicted octanol–water partition coefficient (Wildman–Crippen LogP) is 3.20. The van der Waals surface area contributed by atoms with Crippen molar-refractivity contribution < 1.29 is 0 Å². The summed E-state index contributed by atoms with van der Waals surface area (Å²) in [4.78, 5) is 4.58. The maximum absolute atomic E-state index is 4.58. The summed E-state index contributed by atoms with van der Waals surface area (Å²) in [5.74, 6) is 0. The lowest BCUT2D eigenvalue weighted by molar-refractivity contribution is 0.439. The maximum atomic E-state index is 4.58. The average molecular weight is 187 g/mol. The van der Waals surface area contributed by atoms with Crippen LogP contribution in [0.5, 0.6) is 0 Å². The van der Waals surface area contributed by atoms with E-state index in [0.717, 1.165) is 13.0 Å². The van der Waals surface area contributed by atoms with Gasteiger partial charge in [0.15, 0.2) is 0 Å². The minimum atomic E-state index is 0.265. The summed E-state index contributed by atoms with van der Waals surface area (Å²) in [6, 6.07) is 10.7. The van der Waals surface area contributed by atoms with Crippen LogP contribution in [0.15, 0.2) is 35.3 Å². The number of benzene rings is 1. The van der Waals surface area contributed by atoms with Gasteiger partial charge in [0.2, 0.25) is 0 Å². The van der Waals surface area contributed by atoms with Crippen LogP contribution < -0.4 is 0 Å². The van der Waals surface area contributed by atoms with Crippen molar-refractivity contribution in [2.45, 2.75) is 32.1 Å². The lowest BCUT2D eigenvalue weighted by Gasteiger charge is -2.32. The van der Waals surface area contributed by atoms with Crippen LogP contribution in [-0.4, -0.2) is 12.3 Å². The Bertz CT molecular complexity index is 340. The smallest absolute Gasteiger partial charge is 0.0482 e. The highest BCUT2D eigenvalue weighted by molar-refractivity contribution is 5.82. The number of hydrogen-bond acceptors (Lipinski definition) is 1. The Labute approximate surface area is 85.9 Å². The molecule has 1 aliphatic rings. The van der Waals surface area contributed by atoms with Gasteiger partial charge in [0, 0.05) is 17.7 Å². The second-order valence-corrected chi connectivity index (χ2v) is 4.48. The molecule has 1 aliphatic heterocycles. The third kappa shape index (κ3) is 1.72. The molecular formula is C13H17N. The minimum Gasteiger partial charge on any atom is -0.294 e. The Kier molecular flexibility index (Phi) is 2.40. The van der Waals surface area contributed by atoms with E-state index in [0.29, 0.717) is 0 Å². The van der Waals surface area contributed by atoms with Crippen molar-refractivity contribution >= 4 is 5.71 Å². The van der Waals surface area contributed by atoms with Gasteiger partial charge in [-0.15, -0.1) is 0 Å². The standard InChI is InChI=1S/C13H17N/c1-11-8-9-13(2,10-14-11)12-6-4-3-5-7-12/h3-7H,8-10H2,1-2H3. The van der Waals surface area contributed by atoms with Gasteiger partial charge in [0.25, 0.3) is 0 Å². The Hall–Kier alpha value is -1.11. The SMILES string of the molecule is CC1=NCC(C)(c2ccccc2)CC1. The van der Waals surface area contributed by atoms with Crippen molar-refractivity contribution in [3.05, 3.63) is 35.9 Å². The van der Waals surface area contributed by atoms with Gasteiger partial charge in [-0.3, -0.25) is 4.99 Å². The molecule has 1 unspecified atom stereocenters. The van der Waals surface area contributed by atoms with Gasteiger partial charge < -0.3 is 0 Å². The van der Waals surface area contributed by atoms with Crippen molar-refractivity contribution in [2.24, 2.45) is 4.99 Å². The van der Waals surface area contributed by atoms with Crippen LogP contribution in [0.3, 0.4) is 0 Å². The lowest BCUT2D eigenvalue weighted by atomic mass is 9.76. The molecule has 1 nitrogen and oxygen atoms in total. The molecule has 1 atom stereocenters. The van der Waals surface area contributed by atoms with Crippen LogP contribution in [0.25, 0.3) is 0 Å². The van der Waals surface area contributed by atoms with E-state index in [9.17, 15) is 0 Å². The van der Waals surface area contributed by atoms with E-state index < -0.39 is 0 Å². The molecule has 0 bridgehead atoms. The van der Waals surface area contributed by atoms with E-state index >= 15 is 0 Å². The van der Waals surface area contributed by atoms with Crippen LogP contribution >= 0.6 is 0 Å². The van der Waals surface area contributed by atoms with E-state index in [-0.39, 0.29) is 5.41 Å². The quantitative estimate of drug-likeness (QED) is 0.640. The molecule has 0 amide bonds. The molecule has 0 saturated heterocycles. The zero-order chi connectivity index (χ0) is 10.0. The first-order chi connectivity index (χ1) is 6.71. The Balaban J connectivity index is 2.26. The third-order valence-electron chi connectivity index (χ3n) is 3.21. The average Bonchev–Trinajstić information content (AvgIpc) is 2.24. The molecule has 2 rings (SSSR count). The van der Waals surface area contributed by atoms with Crippen LogP contribution in [0.1, 0.15) is 32.3 Å². The molecule has 0 aromatic heterocycles. The first-order valence-electron chi connectivity index (χ1n) is 5.26. The fraction of sp³-hybridized carbons (Fsp3) is 0.462. The molecule has 14 heavy (non-hydrogen) atoms. The first-order valence-corrected chi connectivity index (χ1v) is 5.26. The normalized spacial score (nSPS) is 27.1. The van der Waals surface area contributed by atoms with Crippen LogP contribution in [-0.2, 0) is 5.41 Å². The monoisotopic (exact) mass is 187 g/mol. The second kappa shape index (κ2) is 3.56.